The molecule has 2 atom stereocenters. The molecule has 0 aromatic heterocycles. The topological polar surface area (TPSA) is 75.4 Å². The van der Waals surface area contributed by atoms with Gasteiger partial charge < -0.3 is 16.0 Å². The summed E-state index contributed by atoms with van der Waals surface area (Å²) in [5.74, 6) is 0.145. The van der Waals surface area contributed by atoms with E-state index >= 15 is 0 Å². The van der Waals surface area contributed by atoms with Crippen molar-refractivity contribution in [3.63, 3.8) is 0 Å². The molecule has 0 saturated heterocycles. The van der Waals surface area contributed by atoms with Crippen molar-refractivity contribution in [2.24, 2.45) is 11.7 Å². The maximum atomic E-state index is 12.7. The zero-order chi connectivity index (χ0) is 20.9. The number of aryl methyl sites for hydroxylation is 1. The summed E-state index contributed by atoms with van der Waals surface area (Å²) in [6.45, 7) is 1.26. The van der Waals surface area contributed by atoms with E-state index in [2.05, 4.69) is 29.6 Å². The maximum Gasteiger partial charge on any atom is 0.246 e. The minimum Gasteiger partial charge on any atom is -0.349 e. The summed E-state index contributed by atoms with van der Waals surface area (Å²) in [6, 6.07) is 17.6. The molecule has 1 fully saturated rings. The number of rotatable bonds is 8. The highest BCUT2D eigenvalue weighted by molar-refractivity contribution is 5.88. The highest BCUT2D eigenvalue weighted by Crippen LogP contribution is 2.31. The van der Waals surface area contributed by atoms with Gasteiger partial charge in [0.2, 0.25) is 11.8 Å². The van der Waals surface area contributed by atoms with Crippen molar-refractivity contribution < 1.29 is 9.59 Å². The van der Waals surface area contributed by atoms with Gasteiger partial charge in [0.15, 0.2) is 0 Å². The smallest absolute Gasteiger partial charge is 0.246 e. The number of carbonyl (C=O) groups excluding carboxylic acids is 2. The lowest BCUT2D eigenvalue weighted by Crippen LogP contribution is -2.46. The van der Waals surface area contributed by atoms with Crippen LogP contribution in [0.3, 0.4) is 0 Å². The van der Waals surface area contributed by atoms with Crippen LogP contribution in [-0.2, 0) is 29.1 Å². The number of hydrogen-bond acceptors (Lipinski definition) is 3. The molecule has 1 aliphatic heterocycles. The lowest BCUT2D eigenvalue weighted by molar-refractivity contribution is -0.127. The molecule has 5 heteroatoms. The quantitative estimate of drug-likeness (QED) is 0.666. The predicted molar refractivity (Wildman–Crippen MR) is 117 cm³/mol. The molecule has 5 nitrogen and oxygen atoms in total. The number of nitrogens with two attached hydrogens (primary N) is 1. The van der Waals surface area contributed by atoms with Crippen LogP contribution in [0.15, 0.2) is 66.7 Å². The zero-order valence-corrected chi connectivity index (χ0v) is 17.2. The minimum atomic E-state index is -0.457. The van der Waals surface area contributed by atoms with E-state index in [-0.39, 0.29) is 17.9 Å². The molecule has 1 saturated carbocycles. The Kier molecular flexibility index (Phi) is 6.29. The number of benzene rings is 2. The summed E-state index contributed by atoms with van der Waals surface area (Å²) in [5.41, 5.74) is 9.67. The maximum absolute atomic E-state index is 12.7. The van der Waals surface area contributed by atoms with Gasteiger partial charge in [0, 0.05) is 25.2 Å². The average molecular weight is 404 g/mol. The first-order valence-corrected chi connectivity index (χ1v) is 10.7. The molecular weight excluding hydrogens is 374 g/mol. The molecule has 2 amide bonds. The van der Waals surface area contributed by atoms with Gasteiger partial charge in [-0.25, -0.2) is 0 Å². The van der Waals surface area contributed by atoms with Crippen molar-refractivity contribution in [1.29, 1.82) is 0 Å². The number of fused-ring (bicyclic) bond motifs is 1. The van der Waals surface area contributed by atoms with Gasteiger partial charge in [0.05, 0.1) is 6.04 Å². The molecule has 0 spiro atoms. The highest BCUT2D eigenvalue weighted by atomic mass is 16.2. The largest absolute Gasteiger partial charge is 0.349 e. The van der Waals surface area contributed by atoms with Crippen LogP contribution in [0.4, 0.5) is 0 Å². The molecule has 2 aliphatic rings. The Balaban J connectivity index is 1.39. The van der Waals surface area contributed by atoms with E-state index in [9.17, 15) is 9.59 Å². The fourth-order valence-corrected chi connectivity index (χ4v) is 3.92. The van der Waals surface area contributed by atoms with Crippen LogP contribution in [0.1, 0.15) is 36.0 Å². The molecule has 0 bridgehead atoms. The monoisotopic (exact) mass is 403 g/mol. The van der Waals surface area contributed by atoms with Crippen LogP contribution in [0.5, 0.6) is 0 Å². The number of amides is 2. The van der Waals surface area contributed by atoms with Gasteiger partial charge in [-0.2, -0.15) is 0 Å². The Morgan fingerprint density at radius 3 is 2.30 bits per heavy atom. The lowest BCUT2D eigenvalue weighted by atomic mass is 10.0. The zero-order valence-electron chi connectivity index (χ0n) is 17.2. The number of nitrogens with zero attached hydrogens (tertiary/aromatic N) is 1. The van der Waals surface area contributed by atoms with E-state index in [0.717, 1.165) is 25.7 Å². The third kappa shape index (κ3) is 5.16. The van der Waals surface area contributed by atoms with Crippen LogP contribution in [-0.4, -0.2) is 28.8 Å². The van der Waals surface area contributed by atoms with Gasteiger partial charge in [-0.3, -0.25) is 9.59 Å². The summed E-state index contributed by atoms with van der Waals surface area (Å²) < 4.78 is 0. The molecular formula is C25H29N3O2. The van der Waals surface area contributed by atoms with E-state index in [1.165, 1.54) is 16.7 Å². The third-order valence-electron chi connectivity index (χ3n) is 5.97. The molecule has 1 unspecified atom stereocenters. The summed E-state index contributed by atoms with van der Waals surface area (Å²) in [4.78, 5) is 27.1. The normalized spacial score (nSPS) is 17.6. The molecule has 4 rings (SSSR count). The van der Waals surface area contributed by atoms with E-state index in [1.54, 1.807) is 6.08 Å². The van der Waals surface area contributed by atoms with Crippen LogP contribution in [0.2, 0.25) is 0 Å². The number of hydrogen-bond donors (Lipinski definition) is 2. The Bertz CT molecular complexity index is 896. The first-order chi connectivity index (χ1) is 14.6. The minimum absolute atomic E-state index is 0.0309. The molecule has 3 N–H and O–H groups in total. The Morgan fingerprint density at radius 1 is 1.03 bits per heavy atom. The van der Waals surface area contributed by atoms with Crippen LogP contribution in [0.25, 0.3) is 0 Å². The SMILES string of the molecule is NC(C(=O)N[C@H](/C=C/C(=O)N1Cc2ccccc2C1)CCc1ccccc1)C1CC1. The van der Waals surface area contributed by atoms with Crippen molar-refractivity contribution in [3.8, 4) is 0 Å². The Morgan fingerprint density at radius 2 is 1.67 bits per heavy atom. The van der Waals surface area contributed by atoms with E-state index < -0.39 is 6.04 Å². The molecule has 156 valence electrons. The van der Waals surface area contributed by atoms with Crippen molar-refractivity contribution in [2.45, 2.75) is 50.9 Å². The summed E-state index contributed by atoms with van der Waals surface area (Å²) >= 11 is 0. The third-order valence-corrected chi connectivity index (χ3v) is 5.97. The van der Waals surface area contributed by atoms with E-state index in [1.807, 2.05) is 41.3 Å². The highest BCUT2D eigenvalue weighted by Gasteiger charge is 2.33. The second kappa shape index (κ2) is 9.26. The van der Waals surface area contributed by atoms with Crippen molar-refractivity contribution in [3.05, 3.63) is 83.4 Å². The molecule has 1 heterocycles. The fourth-order valence-electron chi connectivity index (χ4n) is 3.92. The second-order valence-electron chi connectivity index (χ2n) is 8.32. The molecule has 2 aromatic carbocycles. The standard InChI is InChI=1S/C25H29N3O2/c26-24(19-11-12-19)25(30)27-22(13-10-18-6-2-1-3-7-18)14-15-23(29)28-16-20-8-4-5-9-21(20)17-28/h1-9,14-15,19,22,24H,10-13,16-17,26H2,(H,27,30)/b15-14+/t22-,24?/m0/s1. The van der Waals surface area contributed by atoms with Gasteiger partial charge in [-0.05, 0) is 48.3 Å². The fraction of sp³-hybridized carbons (Fsp3) is 0.360. The first-order valence-electron chi connectivity index (χ1n) is 10.7. The van der Waals surface area contributed by atoms with E-state index in [0.29, 0.717) is 19.0 Å². The molecule has 30 heavy (non-hydrogen) atoms. The predicted octanol–water partition coefficient (Wildman–Crippen LogP) is 2.94. The number of carbonyl (C=O) groups is 2. The summed E-state index contributed by atoms with van der Waals surface area (Å²) in [6.07, 6.45) is 7.01. The first kappa shape index (κ1) is 20.4. The van der Waals surface area contributed by atoms with Gasteiger partial charge in [-0.15, -0.1) is 0 Å². The average Bonchev–Trinajstić information content (AvgIpc) is 3.53. The molecule has 2 aromatic rings. The molecule has 0 radical (unpaired) electrons. The van der Waals surface area contributed by atoms with Crippen molar-refractivity contribution in [1.82, 2.24) is 10.2 Å². The lowest BCUT2D eigenvalue weighted by Gasteiger charge is -2.19. The second-order valence-corrected chi connectivity index (χ2v) is 8.32. The Hall–Kier alpha value is -2.92. The van der Waals surface area contributed by atoms with Crippen LogP contribution < -0.4 is 11.1 Å². The molecule has 1 aliphatic carbocycles. The van der Waals surface area contributed by atoms with Gasteiger partial charge in [-0.1, -0.05) is 60.7 Å². The van der Waals surface area contributed by atoms with E-state index in [4.69, 9.17) is 5.73 Å². The summed E-state index contributed by atoms with van der Waals surface area (Å²) in [5, 5.41) is 3.05. The van der Waals surface area contributed by atoms with Crippen molar-refractivity contribution >= 4 is 11.8 Å². The van der Waals surface area contributed by atoms with Crippen molar-refractivity contribution in [2.75, 3.05) is 0 Å². The number of nitrogens with one attached hydrogen (secondary N) is 1. The Labute approximate surface area is 178 Å². The van der Waals surface area contributed by atoms with Gasteiger partial charge >= 0.3 is 0 Å². The van der Waals surface area contributed by atoms with Gasteiger partial charge in [0.1, 0.15) is 0 Å². The van der Waals surface area contributed by atoms with Crippen LogP contribution >= 0.6 is 0 Å². The van der Waals surface area contributed by atoms with Crippen LogP contribution in [0, 0.1) is 5.92 Å². The van der Waals surface area contributed by atoms with Gasteiger partial charge in [0.25, 0.3) is 0 Å². The summed E-state index contributed by atoms with van der Waals surface area (Å²) in [7, 11) is 0.